The third-order valence-corrected chi connectivity index (χ3v) is 4.18. The van der Waals surface area contributed by atoms with Gasteiger partial charge in [0.2, 0.25) is 0 Å². The number of pyridine rings is 1. The lowest BCUT2D eigenvalue weighted by atomic mass is 10.1. The van der Waals surface area contributed by atoms with Crippen LogP contribution in [0.2, 0.25) is 0 Å². The summed E-state index contributed by atoms with van der Waals surface area (Å²) in [5, 5.41) is 0. The molecule has 0 aromatic carbocycles. The van der Waals surface area contributed by atoms with E-state index in [1.54, 1.807) is 0 Å². The molecule has 0 fully saturated rings. The second kappa shape index (κ2) is 5.51. The number of nitrogens with zero attached hydrogens (tertiary/aromatic N) is 2. The van der Waals surface area contributed by atoms with Crippen molar-refractivity contribution in [2.24, 2.45) is 0 Å². The first-order chi connectivity index (χ1) is 8.88. The highest BCUT2D eigenvalue weighted by Gasteiger charge is 2.11. The molecule has 3 nitrogen and oxygen atoms in total. The molecule has 0 aliphatic carbocycles. The van der Waals surface area contributed by atoms with Crippen LogP contribution in [-0.4, -0.2) is 15.0 Å². The van der Waals surface area contributed by atoms with Crippen LogP contribution in [0.4, 0.5) is 0 Å². The Kier molecular flexibility index (Phi) is 4.16. The zero-order valence-corrected chi connectivity index (χ0v) is 13.8. The van der Waals surface area contributed by atoms with Crippen molar-refractivity contribution >= 4 is 28.1 Å². The number of hydrogen-bond donors (Lipinski definition) is 1. The molecule has 2 aromatic rings. The number of halogens is 1. The minimum absolute atomic E-state index is 0.349. The molecule has 100 valence electrons. The van der Waals surface area contributed by atoms with Crippen LogP contribution in [0.5, 0.6) is 0 Å². The van der Waals surface area contributed by atoms with Gasteiger partial charge in [-0.2, -0.15) is 0 Å². The van der Waals surface area contributed by atoms with Crippen LogP contribution in [0.3, 0.4) is 0 Å². The molecule has 0 saturated heterocycles. The average molecular weight is 338 g/mol. The molecule has 5 heteroatoms. The lowest BCUT2D eigenvalue weighted by Crippen LogP contribution is -2.01. The minimum Gasteiger partial charge on any atom is -0.342 e. The molecule has 0 aliphatic heterocycles. The van der Waals surface area contributed by atoms with E-state index in [0.29, 0.717) is 10.6 Å². The predicted molar refractivity (Wildman–Crippen MR) is 83.9 cm³/mol. The SMILES string of the molecule is Cc1cc(-c2nc(=S)c(Br)c(C(C)C)[nH]2)cc(C)n1. The molecule has 0 radical (unpaired) electrons. The smallest absolute Gasteiger partial charge is 0.144 e. The summed E-state index contributed by atoms with van der Waals surface area (Å²) in [6, 6.07) is 4.03. The normalized spacial score (nSPS) is 11.1. The Morgan fingerprint density at radius 1 is 1.16 bits per heavy atom. The van der Waals surface area contributed by atoms with Gasteiger partial charge >= 0.3 is 0 Å². The van der Waals surface area contributed by atoms with E-state index in [9.17, 15) is 0 Å². The molecule has 0 unspecified atom stereocenters. The molecule has 1 N–H and O–H groups in total. The fraction of sp³-hybridized carbons (Fsp3) is 0.357. The summed E-state index contributed by atoms with van der Waals surface area (Å²) in [5.74, 6) is 1.15. The Balaban J connectivity index is 2.66. The molecule has 0 atom stereocenters. The molecule has 19 heavy (non-hydrogen) atoms. The summed E-state index contributed by atoms with van der Waals surface area (Å²) < 4.78 is 1.47. The molecule has 0 bridgehead atoms. The summed E-state index contributed by atoms with van der Waals surface area (Å²) in [7, 11) is 0. The Labute approximate surface area is 126 Å². The molecule has 0 amide bonds. The quantitative estimate of drug-likeness (QED) is 0.807. The van der Waals surface area contributed by atoms with Gasteiger partial charge in [0.15, 0.2) is 0 Å². The van der Waals surface area contributed by atoms with Gasteiger partial charge in [0.1, 0.15) is 10.5 Å². The van der Waals surface area contributed by atoms with Crippen LogP contribution in [0.15, 0.2) is 16.6 Å². The van der Waals surface area contributed by atoms with Gasteiger partial charge in [0, 0.05) is 22.6 Å². The van der Waals surface area contributed by atoms with E-state index >= 15 is 0 Å². The Bertz CT molecular complexity index is 657. The molecule has 0 aliphatic rings. The van der Waals surface area contributed by atoms with Crippen molar-refractivity contribution in [3.63, 3.8) is 0 Å². The van der Waals surface area contributed by atoms with Crippen molar-refractivity contribution in [1.82, 2.24) is 15.0 Å². The van der Waals surface area contributed by atoms with E-state index in [2.05, 4.69) is 44.7 Å². The van der Waals surface area contributed by atoms with Gasteiger partial charge in [0.05, 0.1) is 4.47 Å². The van der Waals surface area contributed by atoms with Crippen molar-refractivity contribution < 1.29 is 0 Å². The van der Waals surface area contributed by atoms with Gasteiger partial charge in [-0.1, -0.05) is 26.1 Å². The van der Waals surface area contributed by atoms with Gasteiger partial charge in [-0.15, -0.1) is 0 Å². The number of aromatic amines is 1. The van der Waals surface area contributed by atoms with Gasteiger partial charge in [-0.3, -0.25) is 4.98 Å². The maximum absolute atomic E-state index is 5.32. The van der Waals surface area contributed by atoms with E-state index in [0.717, 1.165) is 32.9 Å². The Morgan fingerprint density at radius 2 is 1.74 bits per heavy atom. The average Bonchev–Trinajstić information content (AvgIpc) is 2.30. The lowest BCUT2D eigenvalue weighted by molar-refractivity contribution is 0.807. The first kappa shape index (κ1) is 14.3. The molecule has 2 rings (SSSR count). The van der Waals surface area contributed by atoms with Crippen molar-refractivity contribution in [2.45, 2.75) is 33.6 Å². The highest BCUT2D eigenvalue weighted by molar-refractivity contribution is 9.10. The van der Waals surface area contributed by atoms with Gasteiger partial charge in [-0.25, -0.2) is 4.98 Å². The Hall–Kier alpha value is -1.07. The summed E-state index contributed by atoms with van der Waals surface area (Å²) in [6.07, 6.45) is 0. The van der Waals surface area contributed by atoms with Crippen molar-refractivity contribution in [3.8, 4) is 11.4 Å². The zero-order chi connectivity index (χ0) is 14.2. The van der Waals surface area contributed by atoms with E-state index < -0.39 is 0 Å². The lowest BCUT2D eigenvalue weighted by Gasteiger charge is -2.12. The number of rotatable bonds is 2. The second-order valence-electron chi connectivity index (χ2n) is 4.91. The van der Waals surface area contributed by atoms with Gasteiger partial charge in [0.25, 0.3) is 0 Å². The van der Waals surface area contributed by atoms with Crippen molar-refractivity contribution in [2.75, 3.05) is 0 Å². The van der Waals surface area contributed by atoms with Crippen LogP contribution in [0, 0.1) is 18.5 Å². The number of nitrogens with one attached hydrogen (secondary N) is 1. The standard InChI is InChI=1S/C14H16BrN3S/c1-7(2)12-11(15)14(19)18-13(17-12)10-5-8(3)16-9(4)6-10/h5-7H,1-4H3,(H,17,18,19). The first-order valence-electron chi connectivity index (χ1n) is 6.14. The zero-order valence-electron chi connectivity index (χ0n) is 11.4. The van der Waals surface area contributed by atoms with Crippen LogP contribution >= 0.6 is 28.1 Å². The van der Waals surface area contributed by atoms with Gasteiger partial charge < -0.3 is 4.98 Å². The van der Waals surface area contributed by atoms with E-state index in [4.69, 9.17) is 12.2 Å². The highest BCUT2D eigenvalue weighted by atomic mass is 79.9. The Morgan fingerprint density at radius 3 is 2.26 bits per heavy atom. The number of aryl methyl sites for hydroxylation is 2. The van der Waals surface area contributed by atoms with Crippen LogP contribution in [0.1, 0.15) is 36.8 Å². The first-order valence-corrected chi connectivity index (χ1v) is 7.34. The maximum Gasteiger partial charge on any atom is 0.144 e. The summed E-state index contributed by atoms with van der Waals surface area (Å²) in [4.78, 5) is 12.2. The summed E-state index contributed by atoms with van der Waals surface area (Å²) >= 11 is 8.83. The van der Waals surface area contributed by atoms with Crippen LogP contribution in [0.25, 0.3) is 11.4 Å². The summed E-state index contributed by atoms with van der Waals surface area (Å²) in [5.41, 5.74) is 4.04. The van der Waals surface area contributed by atoms with Crippen molar-refractivity contribution in [3.05, 3.63) is 38.3 Å². The fourth-order valence-electron chi connectivity index (χ4n) is 1.98. The van der Waals surface area contributed by atoms with Crippen LogP contribution in [-0.2, 0) is 0 Å². The molecular weight excluding hydrogens is 322 g/mol. The third kappa shape index (κ3) is 3.09. The van der Waals surface area contributed by atoms with E-state index in [1.165, 1.54) is 0 Å². The number of hydrogen-bond acceptors (Lipinski definition) is 3. The molecular formula is C14H16BrN3S. The van der Waals surface area contributed by atoms with E-state index in [-0.39, 0.29) is 0 Å². The minimum atomic E-state index is 0.349. The largest absolute Gasteiger partial charge is 0.342 e. The molecule has 0 spiro atoms. The third-order valence-electron chi connectivity index (χ3n) is 2.82. The highest BCUT2D eigenvalue weighted by Crippen LogP contribution is 2.26. The maximum atomic E-state index is 5.32. The molecule has 2 aromatic heterocycles. The topological polar surface area (TPSA) is 41.6 Å². The number of aromatic nitrogens is 3. The molecule has 2 heterocycles. The van der Waals surface area contributed by atoms with Crippen molar-refractivity contribution in [1.29, 1.82) is 0 Å². The summed E-state index contributed by atoms with van der Waals surface area (Å²) in [6.45, 7) is 8.21. The predicted octanol–water partition coefficient (Wildman–Crippen LogP) is 4.70. The van der Waals surface area contributed by atoms with Gasteiger partial charge in [-0.05, 0) is 47.8 Å². The second-order valence-corrected chi connectivity index (χ2v) is 6.09. The monoisotopic (exact) mass is 337 g/mol. The van der Waals surface area contributed by atoms with Crippen LogP contribution < -0.4 is 0 Å². The number of H-pyrrole nitrogens is 1. The van der Waals surface area contributed by atoms with E-state index in [1.807, 2.05) is 26.0 Å². The molecule has 0 saturated carbocycles. The fourth-order valence-corrected chi connectivity index (χ4v) is 2.83.